The molecule has 78 valence electrons. The van der Waals surface area contributed by atoms with Gasteiger partial charge in [0.2, 0.25) is 0 Å². The van der Waals surface area contributed by atoms with E-state index in [0.717, 1.165) is 5.69 Å². The Morgan fingerprint density at radius 3 is 2.71 bits per heavy atom. The minimum atomic E-state index is -0.806. The fraction of sp³-hybridized carbons (Fsp3) is 0.750. The zero-order valence-corrected chi connectivity index (χ0v) is 9.62. The Morgan fingerprint density at radius 2 is 2.36 bits per heavy atom. The number of aryl methyl sites for hydroxylation is 1. The Labute approximate surface area is 89.8 Å². The highest BCUT2D eigenvalue weighted by Gasteiger charge is 2.56. The average molecular weight is 263 g/mol. The van der Waals surface area contributed by atoms with Gasteiger partial charge in [-0.05, 0) is 22.4 Å². The minimum Gasteiger partial charge on any atom is -0.322 e. The van der Waals surface area contributed by atoms with Gasteiger partial charge in [0, 0.05) is 12.5 Å². The average Bonchev–Trinajstić information content (AvgIpc) is 2.58. The van der Waals surface area contributed by atoms with Crippen molar-refractivity contribution in [2.75, 3.05) is 0 Å². The second kappa shape index (κ2) is 3.00. The maximum Gasteiger partial charge on any atom is 0.153 e. The van der Waals surface area contributed by atoms with Crippen LogP contribution >= 0.6 is 15.9 Å². The van der Waals surface area contributed by atoms with E-state index >= 15 is 0 Å². The number of hydrogen-bond donors (Lipinski definition) is 1. The molecule has 3 atom stereocenters. The first-order chi connectivity index (χ1) is 6.47. The predicted molar refractivity (Wildman–Crippen MR) is 53.3 cm³/mol. The minimum absolute atomic E-state index is 0.355. The van der Waals surface area contributed by atoms with E-state index in [4.69, 9.17) is 5.73 Å². The summed E-state index contributed by atoms with van der Waals surface area (Å²) in [5, 5.41) is 7.65. The van der Waals surface area contributed by atoms with Crippen molar-refractivity contribution in [1.29, 1.82) is 0 Å². The molecule has 0 spiro atoms. The van der Waals surface area contributed by atoms with Crippen LogP contribution in [0.3, 0.4) is 0 Å². The SMILES string of the molecule is Cn1nnc(Br)c1C(N)C1(C)CC1F. The van der Waals surface area contributed by atoms with Crippen LogP contribution in [0.15, 0.2) is 4.60 Å². The van der Waals surface area contributed by atoms with E-state index in [1.807, 2.05) is 6.92 Å². The van der Waals surface area contributed by atoms with Gasteiger partial charge < -0.3 is 5.73 Å². The van der Waals surface area contributed by atoms with Crippen LogP contribution in [0.25, 0.3) is 0 Å². The standard InChI is InChI=1S/C8H12BrFN4/c1-8(3-4(8)10)6(11)5-7(9)12-13-14(5)2/h4,6H,3,11H2,1-2H3. The van der Waals surface area contributed by atoms with Crippen LogP contribution in [0.2, 0.25) is 0 Å². The van der Waals surface area contributed by atoms with Gasteiger partial charge in [-0.1, -0.05) is 12.1 Å². The molecule has 1 aliphatic carbocycles. The number of alkyl halides is 1. The molecule has 1 heterocycles. The molecule has 4 nitrogen and oxygen atoms in total. The summed E-state index contributed by atoms with van der Waals surface area (Å²) in [5.41, 5.74) is 6.31. The number of hydrogen-bond acceptors (Lipinski definition) is 3. The lowest BCUT2D eigenvalue weighted by molar-refractivity contribution is 0.323. The zero-order chi connectivity index (χ0) is 10.5. The highest BCUT2D eigenvalue weighted by atomic mass is 79.9. The van der Waals surface area contributed by atoms with Crippen molar-refractivity contribution in [3.8, 4) is 0 Å². The third kappa shape index (κ3) is 1.28. The molecule has 1 fully saturated rings. The van der Waals surface area contributed by atoms with E-state index in [9.17, 15) is 4.39 Å². The molecule has 1 aromatic rings. The van der Waals surface area contributed by atoms with Crippen LogP contribution in [0, 0.1) is 5.41 Å². The highest BCUT2D eigenvalue weighted by molar-refractivity contribution is 9.10. The van der Waals surface area contributed by atoms with Gasteiger partial charge >= 0.3 is 0 Å². The second-order valence-electron chi connectivity index (χ2n) is 4.04. The van der Waals surface area contributed by atoms with E-state index in [1.165, 1.54) is 0 Å². The Hall–Kier alpha value is -0.490. The Morgan fingerprint density at radius 1 is 1.79 bits per heavy atom. The molecular weight excluding hydrogens is 251 g/mol. The van der Waals surface area contributed by atoms with Crippen LogP contribution in [0.5, 0.6) is 0 Å². The lowest BCUT2D eigenvalue weighted by Gasteiger charge is -2.18. The summed E-state index contributed by atoms with van der Waals surface area (Å²) in [6.07, 6.45) is -0.287. The molecule has 3 unspecified atom stereocenters. The Kier molecular flexibility index (Phi) is 2.15. The van der Waals surface area contributed by atoms with E-state index in [2.05, 4.69) is 26.2 Å². The van der Waals surface area contributed by atoms with Crippen molar-refractivity contribution in [2.24, 2.45) is 18.2 Å². The molecule has 1 saturated carbocycles. The summed E-state index contributed by atoms with van der Waals surface area (Å²) in [5.74, 6) is 0. The Bertz CT molecular complexity index is 347. The quantitative estimate of drug-likeness (QED) is 0.875. The maximum atomic E-state index is 13.1. The van der Waals surface area contributed by atoms with E-state index in [-0.39, 0.29) is 6.04 Å². The monoisotopic (exact) mass is 262 g/mol. The topological polar surface area (TPSA) is 56.7 Å². The number of aromatic nitrogens is 3. The molecule has 2 N–H and O–H groups in total. The fourth-order valence-electron chi connectivity index (χ4n) is 1.63. The van der Waals surface area contributed by atoms with Crippen molar-refractivity contribution in [3.05, 3.63) is 10.3 Å². The van der Waals surface area contributed by atoms with Gasteiger partial charge in [0.25, 0.3) is 0 Å². The third-order valence-electron chi connectivity index (χ3n) is 3.01. The van der Waals surface area contributed by atoms with Gasteiger partial charge in [0.05, 0.1) is 11.7 Å². The van der Waals surface area contributed by atoms with Crippen molar-refractivity contribution in [1.82, 2.24) is 15.0 Å². The normalized spacial score (nSPS) is 33.1. The summed E-state index contributed by atoms with van der Waals surface area (Å²) in [7, 11) is 1.76. The smallest absolute Gasteiger partial charge is 0.153 e. The van der Waals surface area contributed by atoms with E-state index < -0.39 is 11.6 Å². The summed E-state index contributed by atoms with van der Waals surface area (Å²) in [6.45, 7) is 1.85. The third-order valence-corrected chi connectivity index (χ3v) is 3.57. The van der Waals surface area contributed by atoms with E-state index in [1.54, 1.807) is 11.7 Å². The van der Waals surface area contributed by atoms with Crippen LogP contribution in [-0.2, 0) is 7.05 Å². The van der Waals surface area contributed by atoms with Crippen molar-refractivity contribution < 1.29 is 4.39 Å². The summed E-state index contributed by atoms with van der Waals surface area (Å²) in [4.78, 5) is 0. The van der Waals surface area contributed by atoms with Crippen LogP contribution < -0.4 is 5.73 Å². The molecule has 1 aliphatic rings. The number of nitrogens with zero attached hydrogens (tertiary/aromatic N) is 3. The number of nitrogens with two attached hydrogens (primary N) is 1. The molecule has 0 radical (unpaired) electrons. The maximum absolute atomic E-state index is 13.1. The number of rotatable bonds is 2. The first-order valence-corrected chi connectivity index (χ1v) is 5.21. The molecule has 6 heteroatoms. The lowest BCUT2D eigenvalue weighted by atomic mass is 9.97. The van der Waals surface area contributed by atoms with Gasteiger partial charge in [-0.3, -0.25) is 0 Å². The largest absolute Gasteiger partial charge is 0.322 e. The first kappa shape index (κ1) is 10.0. The van der Waals surface area contributed by atoms with Crippen molar-refractivity contribution in [3.63, 3.8) is 0 Å². The lowest BCUT2D eigenvalue weighted by Crippen LogP contribution is -2.25. The van der Waals surface area contributed by atoms with Crippen LogP contribution in [0.4, 0.5) is 4.39 Å². The van der Waals surface area contributed by atoms with Gasteiger partial charge in [-0.2, -0.15) is 0 Å². The zero-order valence-electron chi connectivity index (χ0n) is 8.04. The molecule has 0 saturated heterocycles. The highest BCUT2D eigenvalue weighted by Crippen LogP contribution is 2.56. The molecule has 14 heavy (non-hydrogen) atoms. The summed E-state index contributed by atoms with van der Waals surface area (Å²) >= 11 is 3.26. The fourth-order valence-corrected chi connectivity index (χ4v) is 2.20. The molecule has 0 bridgehead atoms. The molecule has 1 aromatic heterocycles. The van der Waals surface area contributed by atoms with Gasteiger partial charge in [-0.15, -0.1) is 5.10 Å². The van der Waals surface area contributed by atoms with E-state index in [0.29, 0.717) is 11.0 Å². The molecule has 2 rings (SSSR count). The predicted octanol–water partition coefficient (Wildman–Crippen LogP) is 1.33. The van der Waals surface area contributed by atoms with Gasteiger partial charge in [0.1, 0.15) is 6.17 Å². The summed E-state index contributed by atoms with van der Waals surface area (Å²) in [6, 6.07) is -0.355. The molecular formula is C8H12BrFN4. The molecule has 0 aliphatic heterocycles. The number of halogens is 2. The summed E-state index contributed by atoms with van der Waals surface area (Å²) < 4.78 is 15.3. The second-order valence-corrected chi connectivity index (χ2v) is 4.80. The van der Waals surface area contributed by atoms with Gasteiger partial charge in [0.15, 0.2) is 4.60 Å². The van der Waals surface area contributed by atoms with Crippen LogP contribution in [-0.4, -0.2) is 21.2 Å². The van der Waals surface area contributed by atoms with Crippen molar-refractivity contribution >= 4 is 15.9 Å². The van der Waals surface area contributed by atoms with Crippen molar-refractivity contribution in [2.45, 2.75) is 25.6 Å². The molecule has 0 aromatic carbocycles. The van der Waals surface area contributed by atoms with Gasteiger partial charge in [-0.25, -0.2) is 9.07 Å². The van der Waals surface area contributed by atoms with Crippen LogP contribution in [0.1, 0.15) is 25.1 Å². The molecule has 0 amide bonds. The Balaban J connectivity index is 2.32. The first-order valence-electron chi connectivity index (χ1n) is 4.41.